The van der Waals surface area contributed by atoms with Crippen LogP contribution in [0.25, 0.3) is 10.6 Å². The van der Waals surface area contributed by atoms with E-state index in [9.17, 15) is 4.79 Å². The second-order valence-corrected chi connectivity index (χ2v) is 8.50. The Morgan fingerprint density at radius 2 is 1.79 bits per heavy atom. The van der Waals surface area contributed by atoms with Crippen molar-refractivity contribution in [3.05, 3.63) is 41.4 Å². The molecule has 1 aliphatic heterocycles. The fraction of sp³-hybridized carbons (Fsp3) is 0.450. The molecule has 29 heavy (non-hydrogen) atoms. The Labute approximate surface area is 193 Å². The zero-order valence-electron chi connectivity index (χ0n) is 17.0. The number of rotatable bonds is 3. The van der Waals surface area contributed by atoms with Crippen molar-refractivity contribution in [3.63, 3.8) is 0 Å². The molecule has 158 valence electrons. The molecule has 1 aliphatic rings. The van der Waals surface area contributed by atoms with E-state index < -0.39 is 5.60 Å². The number of aromatic nitrogens is 1. The molecule has 0 aliphatic carbocycles. The molecule has 0 spiro atoms. The lowest BCUT2D eigenvalue weighted by Gasteiger charge is -2.36. The first kappa shape index (κ1) is 23.4. The average Bonchev–Trinajstić information content (AvgIpc) is 3.15. The number of aliphatic imine (C=N–C) groups is 1. The first-order chi connectivity index (χ1) is 13.3. The number of hydrogen-bond acceptors (Lipinski definition) is 5. The van der Waals surface area contributed by atoms with Crippen LogP contribution in [-0.2, 0) is 11.3 Å². The maximum Gasteiger partial charge on any atom is 0.410 e. The molecule has 1 amide bonds. The number of hydrogen-bond donors (Lipinski definition) is 1. The van der Waals surface area contributed by atoms with E-state index in [4.69, 9.17) is 10.5 Å². The van der Waals surface area contributed by atoms with Crippen LogP contribution in [0.3, 0.4) is 0 Å². The van der Waals surface area contributed by atoms with Gasteiger partial charge >= 0.3 is 6.09 Å². The van der Waals surface area contributed by atoms with Crippen LogP contribution >= 0.6 is 35.3 Å². The maximum atomic E-state index is 12.1. The molecule has 0 atom stereocenters. The molecule has 0 unspecified atom stereocenters. The highest BCUT2D eigenvalue weighted by Crippen LogP contribution is 2.23. The SMILES string of the molecule is CC(C)(C)OC(=O)N1CCN(C(N)=NCc2csc(-c3ccccc3)n2)CC1.I. The van der Waals surface area contributed by atoms with Crippen molar-refractivity contribution in [3.8, 4) is 10.6 Å². The van der Waals surface area contributed by atoms with Crippen LogP contribution in [0.2, 0.25) is 0 Å². The van der Waals surface area contributed by atoms with Crippen molar-refractivity contribution < 1.29 is 9.53 Å². The lowest BCUT2D eigenvalue weighted by Crippen LogP contribution is -2.53. The van der Waals surface area contributed by atoms with E-state index in [-0.39, 0.29) is 30.1 Å². The molecule has 1 aromatic heterocycles. The third-order valence-electron chi connectivity index (χ3n) is 4.23. The van der Waals surface area contributed by atoms with Gasteiger partial charge < -0.3 is 20.3 Å². The van der Waals surface area contributed by atoms with Crippen LogP contribution in [0.15, 0.2) is 40.7 Å². The van der Waals surface area contributed by atoms with Gasteiger partial charge in [0.1, 0.15) is 10.6 Å². The smallest absolute Gasteiger partial charge is 0.410 e. The van der Waals surface area contributed by atoms with E-state index >= 15 is 0 Å². The fourth-order valence-corrected chi connectivity index (χ4v) is 3.62. The monoisotopic (exact) mass is 529 g/mol. The number of nitrogens with zero attached hydrogens (tertiary/aromatic N) is 4. The Bertz CT molecular complexity index is 827. The standard InChI is InChI=1S/C20H27N5O2S.HI/c1-20(2,3)27-19(26)25-11-9-24(10-12-25)18(21)22-13-16-14-28-17(23-16)15-7-5-4-6-8-15;/h4-8,14H,9-13H2,1-3H3,(H2,21,22);1H. The molecule has 1 aromatic carbocycles. The molecular formula is C20H28IN5O2S. The molecule has 9 heteroatoms. The van der Waals surface area contributed by atoms with E-state index in [0.29, 0.717) is 38.7 Å². The van der Waals surface area contributed by atoms with Crippen LogP contribution in [0.5, 0.6) is 0 Å². The summed E-state index contributed by atoms with van der Waals surface area (Å²) in [6, 6.07) is 10.1. The third kappa shape index (κ3) is 6.84. The second-order valence-electron chi connectivity index (χ2n) is 7.64. The quantitative estimate of drug-likeness (QED) is 0.372. The molecule has 7 nitrogen and oxygen atoms in total. The van der Waals surface area contributed by atoms with Gasteiger partial charge in [-0.25, -0.2) is 14.8 Å². The maximum absolute atomic E-state index is 12.1. The number of thiazole rings is 1. The summed E-state index contributed by atoms with van der Waals surface area (Å²) in [5.41, 5.74) is 7.68. The largest absolute Gasteiger partial charge is 0.444 e. The highest BCUT2D eigenvalue weighted by molar-refractivity contribution is 14.0. The van der Waals surface area contributed by atoms with Gasteiger partial charge in [0.2, 0.25) is 0 Å². The van der Waals surface area contributed by atoms with E-state index in [1.807, 2.05) is 61.4 Å². The first-order valence-corrected chi connectivity index (χ1v) is 10.2. The van der Waals surface area contributed by atoms with Gasteiger partial charge in [0.25, 0.3) is 0 Å². The molecule has 0 saturated carbocycles. The average molecular weight is 529 g/mol. The number of halogens is 1. The number of carbonyl (C=O) groups is 1. The van der Waals surface area contributed by atoms with E-state index in [1.165, 1.54) is 0 Å². The number of piperazine rings is 1. The van der Waals surface area contributed by atoms with E-state index in [1.54, 1.807) is 16.2 Å². The predicted octanol–water partition coefficient (Wildman–Crippen LogP) is 3.80. The molecule has 1 fully saturated rings. The molecule has 2 N–H and O–H groups in total. The molecule has 1 saturated heterocycles. The Morgan fingerprint density at radius 1 is 1.17 bits per heavy atom. The van der Waals surface area contributed by atoms with Gasteiger partial charge in [0.05, 0.1) is 12.2 Å². The lowest BCUT2D eigenvalue weighted by atomic mass is 10.2. The molecule has 2 heterocycles. The highest BCUT2D eigenvalue weighted by Gasteiger charge is 2.26. The normalized spacial score (nSPS) is 15.1. The van der Waals surface area contributed by atoms with Gasteiger partial charge in [0, 0.05) is 37.1 Å². The molecule has 0 radical (unpaired) electrons. The minimum atomic E-state index is -0.485. The van der Waals surface area contributed by atoms with Gasteiger partial charge in [0.15, 0.2) is 5.96 Å². The van der Waals surface area contributed by atoms with Crippen molar-refractivity contribution in [2.45, 2.75) is 32.9 Å². The number of benzene rings is 1. The van der Waals surface area contributed by atoms with Gasteiger partial charge in [-0.1, -0.05) is 30.3 Å². The van der Waals surface area contributed by atoms with Crippen LogP contribution < -0.4 is 5.73 Å². The van der Waals surface area contributed by atoms with Crippen molar-refractivity contribution >= 4 is 47.4 Å². The Morgan fingerprint density at radius 3 is 2.41 bits per heavy atom. The molecule has 0 bridgehead atoms. The van der Waals surface area contributed by atoms with Crippen molar-refractivity contribution in [1.82, 2.24) is 14.8 Å². The highest BCUT2D eigenvalue weighted by atomic mass is 127. The summed E-state index contributed by atoms with van der Waals surface area (Å²) in [6.45, 7) is 8.47. The molecule has 2 aromatic rings. The molecular weight excluding hydrogens is 501 g/mol. The number of guanidine groups is 1. The summed E-state index contributed by atoms with van der Waals surface area (Å²) < 4.78 is 5.42. The lowest BCUT2D eigenvalue weighted by molar-refractivity contribution is 0.0186. The number of ether oxygens (including phenoxy) is 1. The van der Waals surface area contributed by atoms with Crippen molar-refractivity contribution in [2.75, 3.05) is 26.2 Å². The van der Waals surface area contributed by atoms with Crippen molar-refractivity contribution in [1.29, 1.82) is 0 Å². The minimum Gasteiger partial charge on any atom is -0.444 e. The predicted molar refractivity (Wildman–Crippen MR) is 128 cm³/mol. The topological polar surface area (TPSA) is 84.0 Å². The van der Waals surface area contributed by atoms with Gasteiger partial charge in [-0.15, -0.1) is 35.3 Å². The summed E-state index contributed by atoms with van der Waals surface area (Å²) in [5, 5.41) is 3.00. The molecule has 3 rings (SSSR count). The van der Waals surface area contributed by atoms with E-state index in [0.717, 1.165) is 16.3 Å². The minimum absolute atomic E-state index is 0. The van der Waals surface area contributed by atoms with Crippen LogP contribution in [0.4, 0.5) is 4.79 Å². The zero-order valence-corrected chi connectivity index (χ0v) is 20.1. The number of nitrogens with two attached hydrogens (primary N) is 1. The van der Waals surface area contributed by atoms with E-state index in [2.05, 4.69) is 9.98 Å². The van der Waals surface area contributed by atoms with Crippen LogP contribution in [0.1, 0.15) is 26.5 Å². The number of amides is 1. The Balaban J connectivity index is 0.00000300. The third-order valence-corrected chi connectivity index (χ3v) is 5.17. The summed E-state index contributed by atoms with van der Waals surface area (Å²) in [6.07, 6.45) is -0.279. The summed E-state index contributed by atoms with van der Waals surface area (Å²) in [5.74, 6) is 0.484. The Hall–Kier alpha value is -1.88. The summed E-state index contributed by atoms with van der Waals surface area (Å²) in [4.78, 5) is 25.0. The Kier molecular flexibility index (Phi) is 8.26. The summed E-state index contributed by atoms with van der Waals surface area (Å²) in [7, 11) is 0. The summed E-state index contributed by atoms with van der Waals surface area (Å²) >= 11 is 1.60. The van der Waals surface area contributed by atoms with Crippen LogP contribution in [-0.4, -0.2) is 58.6 Å². The van der Waals surface area contributed by atoms with Crippen LogP contribution in [0, 0.1) is 0 Å². The van der Waals surface area contributed by atoms with Gasteiger partial charge in [-0.2, -0.15) is 0 Å². The number of carbonyl (C=O) groups excluding carboxylic acids is 1. The van der Waals surface area contributed by atoms with Crippen molar-refractivity contribution in [2.24, 2.45) is 10.7 Å². The zero-order chi connectivity index (χ0) is 20.1. The second kappa shape index (κ2) is 10.2. The van der Waals surface area contributed by atoms with Gasteiger partial charge in [-0.3, -0.25) is 0 Å². The fourth-order valence-electron chi connectivity index (χ4n) is 2.80. The first-order valence-electron chi connectivity index (χ1n) is 9.34. The van der Waals surface area contributed by atoms with Gasteiger partial charge in [-0.05, 0) is 20.8 Å².